The van der Waals surface area contributed by atoms with E-state index in [0.717, 1.165) is 11.3 Å². The largest absolute Gasteiger partial charge is 0.468 e. The van der Waals surface area contributed by atoms with E-state index in [0.29, 0.717) is 18.8 Å². The highest BCUT2D eigenvalue weighted by molar-refractivity contribution is 5.47. The van der Waals surface area contributed by atoms with Crippen molar-refractivity contribution >= 4 is 5.69 Å². The highest BCUT2D eigenvalue weighted by atomic mass is 19.1. The molecule has 1 aromatic carbocycles. The van der Waals surface area contributed by atoms with Crippen molar-refractivity contribution in [3.05, 3.63) is 53.7 Å². The van der Waals surface area contributed by atoms with E-state index >= 15 is 0 Å². The molecule has 2 N–H and O–H groups in total. The van der Waals surface area contributed by atoms with Crippen molar-refractivity contribution in [1.29, 1.82) is 0 Å². The summed E-state index contributed by atoms with van der Waals surface area (Å²) in [6.45, 7) is 0.928. The smallest absolute Gasteiger partial charge is 0.146 e. The van der Waals surface area contributed by atoms with Gasteiger partial charge in [-0.3, -0.25) is 0 Å². The van der Waals surface area contributed by atoms with E-state index < -0.39 is 0 Å². The number of anilines is 1. The van der Waals surface area contributed by atoms with E-state index in [2.05, 4.69) is 0 Å². The van der Waals surface area contributed by atoms with Crippen LogP contribution in [0.25, 0.3) is 0 Å². The number of benzene rings is 1. The van der Waals surface area contributed by atoms with Crippen LogP contribution in [0.5, 0.6) is 0 Å². The zero-order valence-electron chi connectivity index (χ0n) is 9.69. The standard InChI is InChI=1S/C13H15FN2O/c1-16(12-5-3-2-4-11(12)14)9-10-6-7-17-13(10)8-15/h2-7H,8-9,15H2,1H3. The number of nitrogens with zero attached hydrogens (tertiary/aromatic N) is 1. The molecule has 4 heteroatoms. The maximum absolute atomic E-state index is 13.6. The molecule has 0 amide bonds. The zero-order chi connectivity index (χ0) is 12.3. The topological polar surface area (TPSA) is 42.4 Å². The van der Waals surface area contributed by atoms with Crippen LogP contribution in [-0.4, -0.2) is 7.05 Å². The molecule has 0 spiro atoms. The van der Waals surface area contributed by atoms with E-state index in [1.165, 1.54) is 6.07 Å². The summed E-state index contributed by atoms with van der Waals surface area (Å²) < 4.78 is 18.8. The minimum atomic E-state index is -0.229. The van der Waals surface area contributed by atoms with Crippen molar-refractivity contribution < 1.29 is 8.81 Å². The van der Waals surface area contributed by atoms with Crippen LogP contribution in [0.3, 0.4) is 0 Å². The lowest BCUT2D eigenvalue weighted by molar-refractivity contribution is 0.507. The lowest BCUT2D eigenvalue weighted by Gasteiger charge is -2.19. The predicted octanol–water partition coefficient (Wildman–Crippen LogP) is 2.51. The summed E-state index contributed by atoms with van der Waals surface area (Å²) in [6.07, 6.45) is 1.60. The van der Waals surface area contributed by atoms with Gasteiger partial charge in [0.15, 0.2) is 0 Å². The Balaban J connectivity index is 2.17. The van der Waals surface area contributed by atoms with Gasteiger partial charge in [0.25, 0.3) is 0 Å². The Morgan fingerprint density at radius 2 is 2.06 bits per heavy atom. The van der Waals surface area contributed by atoms with Gasteiger partial charge in [0.2, 0.25) is 0 Å². The summed E-state index contributed by atoms with van der Waals surface area (Å²) >= 11 is 0. The Kier molecular flexibility index (Phi) is 3.44. The summed E-state index contributed by atoms with van der Waals surface area (Å²) in [6, 6.07) is 8.55. The average molecular weight is 234 g/mol. The van der Waals surface area contributed by atoms with Crippen molar-refractivity contribution in [3.8, 4) is 0 Å². The highest BCUT2D eigenvalue weighted by Crippen LogP contribution is 2.20. The van der Waals surface area contributed by atoms with Crippen molar-refractivity contribution in [3.63, 3.8) is 0 Å². The maximum atomic E-state index is 13.6. The average Bonchev–Trinajstić information content (AvgIpc) is 2.76. The molecule has 2 aromatic rings. The minimum absolute atomic E-state index is 0.229. The summed E-state index contributed by atoms with van der Waals surface area (Å²) in [7, 11) is 1.84. The Bertz CT molecular complexity index is 496. The van der Waals surface area contributed by atoms with Gasteiger partial charge in [-0.05, 0) is 18.2 Å². The van der Waals surface area contributed by atoms with E-state index in [9.17, 15) is 4.39 Å². The van der Waals surface area contributed by atoms with Crippen LogP contribution in [0.1, 0.15) is 11.3 Å². The molecule has 0 unspecified atom stereocenters. The van der Waals surface area contributed by atoms with Crippen LogP contribution in [0, 0.1) is 5.82 Å². The van der Waals surface area contributed by atoms with Crippen LogP contribution in [0.2, 0.25) is 0 Å². The maximum Gasteiger partial charge on any atom is 0.146 e. The molecule has 0 radical (unpaired) electrons. The number of hydrogen-bond acceptors (Lipinski definition) is 3. The monoisotopic (exact) mass is 234 g/mol. The van der Waals surface area contributed by atoms with Gasteiger partial charge in [0.05, 0.1) is 18.5 Å². The van der Waals surface area contributed by atoms with Crippen LogP contribution >= 0.6 is 0 Å². The first kappa shape index (κ1) is 11.7. The van der Waals surface area contributed by atoms with Gasteiger partial charge in [0.1, 0.15) is 11.6 Å². The molecular weight excluding hydrogens is 219 g/mol. The molecule has 2 rings (SSSR count). The Morgan fingerprint density at radius 3 is 2.76 bits per heavy atom. The molecule has 0 atom stereocenters. The fourth-order valence-corrected chi connectivity index (χ4v) is 1.79. The molecule has 3 nitrogen and oxygen atoms in total. The highest BCUT2D eigenvalue weighted by Gasteiger charge is 2.10. The Morgan fingerprint density at radius 1 is 1.29 bits per heavy atom. The fraction of sp³-hybridized carbons (Fsp3) is 0.231. The SMILES string of the molecule is CN(Cc1ccoc1CN)c1ccccc1F. The van der Waals surface area contributed by atoms with Crippen molar-refractivity contribution in [2.45, 2.75) is 13.1 Å². The van der Waals surface area contributed by atoms with Crippen LogP contribution in [-0.2, 0) is 13.1 Å². The third-order valence-electron chi connectivity index (χ3n) is 2.69. The Hall–Kier alpha value is -1.81. The van der Waals surface area contributed by atoms with Gasteiger partial charge in [-0.1, -0.05) is 12.1 Å². The number of para-hydroxylation sites is 1. The number of rotatable bonds is 4. The normalized spacial score (nSPS) is 10.5. The van der Waals surface area contributed by atoms with E-state index in [1.54, 1.807) is 18.4 Å². The summed E-state index contributed by atoms with van der Waals surface area (Å²) in [5.74, 6) is 0.515. The van der Waals surface area contributed by atoms with E-state index in [-0.39, 0.29) is 5.82 Å². The molecule has 0 aliphatic carbocycles. The second-order valence-electron chi connectivity index (χ2n) is 3.88. The fourth-order valence-electron chi connectivity index (χ4n) is 1.79. The molecule has 17 heavy (non-hydrogen) atoms. The molecule has 0 saturated heterocycles. The van der Waals surface area contributed by atoms with Crippen LogP contribution in [0.4, 0.5) is 10.1 Å². The third kappa shape index (κ3) is 2.47. The van der Waals surface area contributed by atoms with Crippen LogP contribution in [0.15, 0.2) is 41.0 Å². The second kappa shape index (κ2) is 5.01. The lowest BCUT2D eigenvalue weighted by Crippen LogP contribution is -2.18. The van der Waals surface area contributed by atoms with Crippen LogP contribution < -0.4 is 10.6 Å². The van der Waals surface area contributed by atoms with Gasteiger partial charge >= 0.3 is 0 Å². The molecule has 90 valence electrons. The molecule has 1 aromatic heterocycles. The minimum Gasteiger partial charge on any atom is -0.468 e. The number of halogens is 1. The lowest BCUT2D eigenvalue weighted by atomic mass is 10.2. The number of hydrogen-bond donors (Lipinski definition) is 1. The number of nitrogens with two attached hydrogens (primary N) is 1. The van der Waals surface area contributed by atoms with Crippen molar-refractivity contribution in [1.82, 2.24) is 0 Å². The Labute approximate surface area is 99.6 Å². The third-order valence-corrected chi connectivity index (χ3v) is 2.69. The van der Waals surface area contributed by atoms with E-state index in [1.807, 2.05) is 24.1 Å². The van der Waals surface area contributed by atoms with Gasteiger partial charge in [-0.15, -0.1) is 0 Å². The molecule has 0 aliphatic rings. The first-order chi connectivity index (χ1) is 8.22. The predicted molar refractivity (Wildman–Crippen MR) is 65.1 cm³/mol. The summed E-state index contributed by atoms with van der Waals surface area (Å²) in [4.78, 5) is 1.83. The summed E-state index contributed by atoms with van der Waals surface area (Å²) in [5.41, 5.74) is 7.10. The van der Waals surface area contributed by atoms with Crippen molar-refractivity contribution in [2.75, 3.05) is 11.9 Å². The second-order valence-corrected chi connectivity index (χ2v) is 3.88. The molecule has 0 bridgehead atoms. The van der Waals surface area contributed by atoms with Gasteiger partial charge in [-0.25, -0.2) is 4.39 Å². The molecule has 0 saturated carbocycles. The van der Waals surface area contributed by atoms with E-state index in [4.69, 9.17) is 10.2 Å². The van der Waals surface area contributed by atoms with Gasteiger partial charge in [-0.2, -0.15) is 0 Å². The zero-order valence-corrected chi connectivity index (χ0v) is 9.69. The summed E-state index contributed by atoms with van der Waals surface area (Å²) in [5, 5.41) is 0. The molecule has 0 aliphatic heterocycles. The molecule has 1 heterocycles. The first-order valence-electron chi connectivity index (χ1n) is 5.43. The first-order valence-corrected chi connectivity index (χ1v) is 5.43. The number of furan rings is 1. The van der Waals surface area contributed by atoms with Gasteiger partial charge < -0.3 is 15.1 Å². The molecule has 0 fully saturated rings. The van der Waals surface area contributed by atoms with Gasteiger partial charge in [0, 0.05) is 19.2 Å². The van der Waals surface area contributed by atoms with Crippen molar-refractivity contribution in [2.24, 2.45) is 5.73 Å². The quantitative estimate of drug-likeness (QED) is 0.883. The molecular formula is C13H15FN2O.